The summed E-state index contributed by atoms with van der Waals surface area (Å²) in [5, 5.41) is 0. The Morgan fingerprint density at radius 1 is 1.17 bits per heavy atom. The first-order valence-electron chi connectivity index (χ1n) is 8.04. The Balaban J connectivity index is 1.83. The van der Waals surface area contributed by atoms with Crippen molar-refractivity contribution in [2.45, 2.75) is 64.7 Å². The highest BCUT2D eigenvalue weighted by Crippen LogP contribution is 2.30. The number of Topliss-reactive ketones (excluding diaryl/α,β-unsaturated/α-hetero) is 1. The van der Waals surface area contributed by atoms with E-state index >= 15 is 0 Å². The quantitative estimate of drug-likeness (QED) is 0.760. The van der Waals surface area contributed by atoms with Crippen molar-refractivity contribution in [3.8, 4) is 0 Å². The van der Waals surface area contributed by atoms with Crippen molar-refractivity contribution in [3.63, 3.8) is 0 Å². The lowest BCUT2D eigenvalue weighted by molar-refractivity contribution is -0.126. The van der Waals surface area contributed by atoms with Crippen molar-refractivity contribution in [1.82, 2.24) is 4.90 Å². The van der Waals surface area contributed by atoms with Crippen LogP contribution in [0.25, 0.3) is 0 Å². The van der Waals surface area contributed by atoms with Crippen LogP contribution < -0.4 is 0 Å². The zero-order chi connectivity index (χ0) is 12.8. The maximum atomic E-state index is 12.1. The van der Waals surface area contributed by atoms with Crippen LogP contribution in [0.1, 0.15) is 64.7 Å². The second kappa shape index (κ2) is 7.28. The average Bonchev–Trinajstić information content (AvgIpc) is 2.62. The van der Waals surface area contributed by atoms with Gasteiger partial charge in [0.05, 0.1) is 0 Å². The molecule has 2 unspecified atom stereocenters. The zero-order valence-corrected chi connectivity index (χ0v) is 12.0. The van der Waals surface area contributed by atoms with Crippen LogP contribution >= 0.6 is 0 Å². The second-order valence-corrected chi connectivity index (χ2v) is 6.31. The number of likely N-dealkylation sites (tertiary alicyclic amines) is 1. The molecule has 2 aliphatic rings. The van der Waals surface area contributed by atoms with Crippen LogP contribution in [-0.4, -0.2) is 30.3 Å². The molecule has 2 rings (SSSR count). The lowest BCUT2D eigenvalue weighted by Crippen LogP contribution is -2.37. The van der Waals surface area contributed by atoms with E-state index in [9.17, 15) is 4.79 Å². The Hall–Kier alpha value is -0.370. The molecule has 1 aliphatic heterocycles. The summed E-state index contributed by atoms with van der Waals surface area (Å²) in [5.74, 6) is 1.73. The summed E-state index contributed by atoms with van der Waals surface area (Å²) in [6.07, 6.45) is 11.2. The third-order valence-electron chi connectivity index (χ3n) is 4.75. The Morgan fingerprint density at radius 2 is 1.89 bits per heavy atom. The molecular weight excluding hydrogens is 222 g/mol. The summed E-state index contributed by atoms with van der Waals surface area (Å²) in [5.41, 5.74) is 0. The number of rotatable bonds is 4. The molecule has 0 amide bonds. The molecule has 1 saturated carbocycles. The van der Waals surface area contributed by atoms with Crippen molar-refractivity contribution < 1.29 is 4.79 Å². The van der Waals surface area contributed by atoms with Gasteiger partial charge in [-0.25, -0.2) is 0 Å². The number of nitrogens with zero attached hydrogens (tertiary/aromatic N) is 1. The minimum atomic E-state index is 0.355. The van der Waals surface area contributed by atoms with E-state index in [0.717, 1.165) is 25.3 Å². The van der Waals surface area contributed by atoms with Gasteiger partial charge in [-0.2, -0.15) is 0 Å². The molecule has 2 atom stereocenters. The molecule has 1 aliphatic carbocycles. The highest BCUT2D eigenvalue weighted by atomic mass is 16.1. The highest BCUT2D eigenvalue weighted by molar-refractivity contribution is 5.81. The Kier molecular flexibility index (Phi) is 5.68. The highest BCUT2D eigenvalue weighted by Gasteiger charge is 2.29. The van der Waals surface area contributed by atoms with E-state index in [1.54, 1.807) is 0 Å². The minimum absolute atomic E-state index is 0.355. The Bertz CT molecular complexity index is 256. The third kappa shape index (κ3) is 4.08. The van der Waals surface area contributed by atoms with Gasteiger partial charge in [0, 0.05) is 18.9 Å². The van der Waals surface area contributed by atoms with Gasteiger partial charge in [-0.15, -0.1) is 0 Å². The summed E-state index contributed by atoms with van der Waals surface area (Å²) in [6, 6.07) is 0. The molecule has 1 saturated heterocycles. The summed E-state index contributed by atoms with van der Waals surface area (Å²) in [7, 11) is 0. The maximum Gasteiger partial charge on any atom is 0.137 e. The van der Waals surface area contributed by atoms with E-state index in [4.69, 9.17) is 0 Å². The lowest BCUT2D eigenvalue weighted by atomic mass is 9.78. The molecular formula is C16H29NO. The largest absolute Gasteiger partial charge is 0.303 e. The van der Waals surface area contributed by atoms with Crippen molar-refractivity contribution in [2.24, 2.45) is 11.8 Å². The molecule has 2 fully saturated rings. The molecule has 0 radical (unpaired) electrons. The fourth-order valence-electron chi connectivity index (χ4n) is 3.68. The van der Waals surface area contributed by atoms with Crippen molar-refractivity contribution in [2.75, 3.05) is 19.6 Å². The van der Waals surface area contributed by atoms with Crippen LogP contribution in [0.4, 0.5) is 0 Å². The summed E-state index contributed by atoms with van der Waals surface area (Å²) in [4.78, 5) is 14.6. The fraction of sp³-hybridized carbons (Fsp3) is 0.938. The van der Waals surface area contributed by atoms with E-state index in [1.165, 1.54) is 58.0 Å². The SMILES string of the molecule is CCCC1CCC(=O)C(CN2CCCCCC2)C1. The van der Waals surface area contributed by atoms with E-state index in [2.05, 4.69) is 11.8 Å². The van der Waals surface area contributed by atoms with Gasteiger partial charge < -0.3 is 4.90 Å². The van der Waals surface area contributed by atoms with Crippen molar-refractivity contribution >= 4 is 5.78 Å². The van der Waals surface area contributed by atoms with Gasteiger partial charge in [-0.05, 0) is 44.7 Å². The normalized spacial score (nSPS) is 31.3. The van der Waals surface area contributed by atoms with Gasteiger partial charge in [0.15, 0.2) is 0 Å². The number of carbonyl (C=O) groups is 1. The molecule has 18 heavy (non-hydrogen) atoms. The van der Waals surface area contributed by atoms with E-state index < -0.39 is 0 Å². The van der Waals surface area contributed by atoms with E-state index in [-0.39, 0.29) is 0 Å². The molecule has 0 spiro atoms. The summed E-state index contributed by atoms with van der Waals surface area (Å²) >= 11 is 0. The molecule has 0 bridgehead atoms. The van der Waals surface area contributed by atoms with Crippen LogP contribution in [-0.2, 0) is 4.79 Å². The van der Waals surface area contributed by atoms with E-state index in [1.807, 2.05) is 0 Å². The minimum Gasteiger partial charge on any atom is -0.303 e. The summed E-state index contributed by atoms with van der Waals surface area (Å²) in [6.45, 7) is 5.77. The molecule has 2 heteroatoms. The molecule has 0 aromatic carbocycles. The monoisotopic (exact) mass is 251 g/mol. The van der Waals surface area contributed by atoms with Gasteiger partial charge in [-0.3, -0.25) is 4.79 Å². The van der Waals surface area contributed by atoms with Crippen LogP contribution in [0.15, 0.2) is 0 Å². The van der Waals surface area contributed by atoms with Crippen molar-refractivity contribution in [3.05, 3.63) is 0 Å². The van der Waals surface area contributed by atoms with Gasteiger partial charge in [-0.1, -0.05) is 32.6 Å². The van der Waals surface area contributed by atoms with Crippen LogP contribution in [0.2, 0.25) is 0 Å². The molecule has 0 aromatic rings. The summed E-state index contributed by atoms with van der Waals surface area (Å²) < 4.78 is 0. The van der Waals surface area contributed by atoms with Crippen LogP contribution in [0.3, 0.4) is 0 Å². The number of carbonyl (C=O) groups excluding carboxylic acids is 1. The number of hydrogen-bond acceptors (Lipinski definition) is 2. The predicted molar refractivity (Wildman–Crippen MR) is 75.7 cm³/mol. The Labute approximate surface area is 112 Å². The van der Waals surface area contributed by atoms with Gasteiger partial charge in [0.25, 0.3) is 0 Å². The topological polar surface area (TPSA) is 20.3 Å². The lowest BCUT2D eigenvalue weighted by Gasteiger charge is -2.32. The fourth-order valence-corrected chi connectivity index (χ4v) is 3.68. The van der Waals surface area contributed by atoms with Gasteiger partial charge in [0.2, 0.25) is 0 Å². The molecule has 2 nitrogen and oxygen atoms in total. The standard InChI is InChI=1S/C16H29NO/c1-2-7-14-8-9-16(18)15(12-14)13-17-10-5-3-4-6-11-17/h14-15H,2-13H2,1H3. The first-order chi connectivity index (χ1) is 8.79. The van der Waals surface area contributed by atoms with Crippen LogP contribution in [0.5, 0.6) is 0 Å². The third-order valence-corrected chi connectivity index (χ3v) is 4.75. The smallest absolute Gasteiger partial charge is 0.137 e. The van der Waals surface area contributed by atoms with Gasteiger partial charge >= 0.3 is 0 Å². The number of ketones is 1. The first kappa shape index (κ1) is 14.0. The Morgan fingerprint density at radius 3 is 2.56 bits per heavy atom. The van der Waals surface area contributed by atoms with Gasteiger partial charge in [0.1, 0.15) is 5.78 Å². The first-order valence-corrected chi connectivity index (χ1v) is 8.04. The maximum absolute atomic E-state index is 12.1. The molecule has 0 N–H and O–H groups in total. The van der Waals surface area contributed by atoms with E-state index in [0.29, 0.717) is 11.7 Å². The zero-order valence-electron chi connectivity index (χ0n) is 12.0. The molecule has 1 heterocycles. The predicted octanol–water partition coefficient (Wildman–Crippen LogP) is 3.65. The second-order valence-electron chi connectivity index (χ2n) is 6.31. The van der Waals surface area contributed by atoms with Crippen molar-refractivity contribution in [1.29, 1.82) is 0 Å². The molecule has 0 aromatic heterocycles. The molecule has 104 valence electrons. The number of hydrogen-bond donors (Lipinski definition) is 0. The van der Waals surface area contributed by atoms with Crippen LogP contribution in [0, 0.1) is 11.8 Å². The average molecular weight is 251 g/mol.